The fraction of sp³-hybridized carbons (Fsp3) is 0.296. The van der Waals surface area contributed by atoms with Crippen molar-refractivity contribution in [3.05, 3.63) is 71.8 Å². The van der Waals surface area contributed by atoms with Gasteiger partial charge < -0.3 is 15.5 Å². The Morgan fingerprint density at radius 2 is 1.83 bits per heavy atom. The number of halogens is 4. The maximum absolute atomic E-state index is 13.7. The first-order valence-corrected chi connectivity index (χ1v) is 12.5. The van der Waals surface area contributed by atoms with Crippen molar-refractivity contribution in [3.63, 3.8) is 0 Å². The summed E-state index contributed by atoms with van der Waals surface area (Å²) in [5, 5.41) is 9.30. The van der Waals surface area contributed by atoms with Gasteiger partial charge in [0.2, 0.25) is 11.8 Å². The van der Waals surface area contributed by atoms with E-state index in [1.165, 1.54) is 12.1 Å². The van der Waals surface area contributed by atoms with Crippen molar-refractivity contribution in [2.45, 2.75) is 37.6 Å². The molecule has 2 N–H and O–H groups in total. The van der Waals surface area contributed by atoms with Gasteiger partial charge in [0.15, 0.2) is 5.54 Å². The number of fused-ring (bicyclic) bond motifs is 2. The molecule has 214 valence electrons. The number of carbonyl (C=O) groups excluding carboxylic acids is 4. The molecule has 2 unspecified atom stereocenters. The summed E-state index contributed by atoms with van der Waals surface area (Å²) in [5.41, 5.74) is 0.304. The molecule has 1 aromatic heterocycles. The molecule has 41 heavy (non-hydrogen) atoms. The van der Waals surface area contributed by atoms with Crippen LogP contribution in [0.5, 0.6) is 0 Å². The molecule has 5 rings (SSSR count). The molecule has 2 aromatic carbocycles. The number of urea groups is 1. The monoisotopic (exact) mass is 572 g/mol. The highest BCUT2D eigenvalue weighted by atomic mass is 19.4. The molecular formula is C27H24F4N6O4. The van der Waals surface area contributed by atoms with Gasteiger partial charge in [-0.05, 0) is 36.2 Å². The molecule has 0 bridgehead atoms. The second-order valence-corrected chi connectivity index (χ2v) is 9.98. The Morgan fingerprint density at radius 1 is 1.12 bits per heavy atom. The van der Waals surface area contributed by atoms with Crippen LogP contribution in [0.2, 0.25) is 0 Å². The molecule has 3 aromatic rings. The Kier molecular flexibility index (Phi) is 6.79. The summed E-state index contributed by atoms with van der Waals surface area (Å²) in [4.78, 5) is 53.6. The number of benzene rings is 2. The van der Waals surface area contributed by atoms with Gasteiger partial charge in [-0.3, -0.25) is 24.0 Å². The van der Waals surface area contributed by atoms with Crippen molar-refractivity contribution in [3.8, 4) is 11.1 Å². The van der Waals surface area contributed by atoms with Gasteiger partial charge in [-0.2, -0.15) is 18.3 Å². The van der Waals surface area contributed by atoms with E-state index < -0.39 is 66.8 Å². The SMILES string of the molecule is CC(N(Cc1ccc(F)cc1)C(=O)CN1C(=O)NC2(CC(=O)Nc3cc(-c4cnn(C)c4)ccc32)C1=O)C(F)(F)F. The van der Waals surface area contributed by atoms with Gasteiger partial charge in [0, 0.05) is 36.6 Å². The average Bonchev–Trinajstić information content (AvgIpc) is 3.44. The van der Waals surface area contributed by atoms with Crippen molar-refractivity contribution in [2.75, 3.05) is 11.9 Å². The number of nitrogens with one attached hydrogen (secondary N) is 2. The van der Waals surface area contributed by atoms with Crippen LogP contribution in [-0.4, -0.2) is 62.1 Å². The van der Waals surface area contributed by atoms with Gasteiger partial charge in [0.1, 0.15) is 18.4 Å². The van der Waals surface area contributed by atoms with E-state index in [9.17, 15) is 36.7 Å². The number of carbonyl (C=O) groups is 4. The minimum atomic E-state index is -4.82. The standard InChI is InChI=1S/C27H24F4N6O4/c1-15(27(29,30)31)36(12-16-3-6-19(28)7-4-16)23(39)14-37-24(40)26(34-25(37)41)10-22(38)33-21-9-17(5-8-20(21)26)18-11-32-35(2)13-18/h3-9,11,13,15H,10,12,14H2,1-2H3,(H,33,38)(H,34,41). The molecule has 1 saturated heterocycles. The van der Waals surface area contributed by atoms with Crippen molar-refractivity contribution < 1.29 is 36.7 Å². The van der Waals surface area contributed by atoms with Crippen LogP contribution >= 0.6 is 0 Å². The van der Waals surface area contributed by atoms with Crippen LogP contribution in [0.15, 0.2) is 54.9 Å². The molecule has 5 amide bonds. The van der Waals surface area contributed by atoms with Crippen molar-refractivity contribution in [1.82, 2.24) is 24.9 Å². The Bertz CT molecular complexity index is 1550. The lowest BCUT2D eigenvalue weighted by atomic mass is 9.81. The van der Waals surface area contributed by atoms with E-state index in [0.717, 1.165) is 24.6 Å². The van der Waals surface area contributed by atoms with Crippen LogP contribution in [0.25, 0.3) is 11.1 Å². The molecule has 14 heteroatoms. The minimum absolute atomic E-state index is 0.215. The van der Waals surface area contributed by atoms with Crippen LogP contribution in [0, 0.1) is 5.82 Å². The van der Waals surface area contributed by atoms with E-state index in [1.54, 1.807) is 42.3 Å². The number of alkyl halides is 3. The van der Waals surface area contributed by atoms with Crippen LogP contribution in [0.1, 0.15) is 24.5 Å². The molecule has 0 radical (unpaired) electrons. The first-order valence-electron chi connectivity index (χ1n) is 12.5. The Balaban J connectivity index is 1.44. The second kappa shape index (κ2) is 10.0. The average molecular weight is 573 g/mol. The maximum atomic E-state index is 13.7. The summed E-state index contributed by atoms with van der Waals surface area (Å²) in [7, 11) is 1.73. The number of amides is 5. The minimum Gasteiger partial charge on any atom is -0.326 e. The normalized spacial score (nSPS) is 19.2. The van der Waals surface area contributed by atoms with Gasteiger partial charge in [-0.1, -0.05) is 24.3 Å². The van der Waals surface area contributed by atoms with E-state index in [-0.39, 0.29) is 16.8 Å². The molecule has 2 aliphatic rings. The zero-order valence-corrected chi connectivity index (χ0v) is 21.8. The molecule has 3 heterocycles. The van der Waals surface area contributed by atoms with Gasteiger partial charge in [0.05, 0.1) is 12.6 Å². The summed E-state index contributed by atoms with van der Waals surface area (Å²) >= 11 is 0. The quantitative estimate of drug-likeness (QED) is 0.348. The third kappa shape index (κ3) is 5.12. The van der Waals surface area contributed by atoms with Gasteiger partial charge >= 0.3 is 12.2 Å². The molecule has 1 spiro atoms. The van der Waals surface area contributed by atoms with E-state index in [4.69, 9.17) is 0 Å². The third-order valence-corrected chi connectivity index (χ3v) is 7.21. The topological polar surface area (TPSA) is 117 Å². The molecule has 1 fully saturated rings. The summed E-state index contributed by atoms with van der Waals surface area (Å²) in [6.07, 6.45) is -1.93. The zero-order valence-electron chi connectivity index (χ0n) is 21.8. The largest absolute Gasteiger partial charge is 0.408 e. The van der Waals surface area contributed by atoms with Crippen molar-refractivity contribution in [1.29, 1.82) is 0 Å². The highest BCUT2D eigenvalue weighted by molar-refractivity contribution is 6.14. The number of hydrogen-bond donors (Lipinski definition) is 2. The number of imide groups is 1. The fourth-order valence-corrected chi connectivity index (χ4v) is 5.00. The first-order chi connectivity index (χ1) is 19.3. The Labute approximate surface area is 230 Å². The number of nitrogens with zero attached hydrogens (tertiary/aromatic N) is 4. The van der Waals surface area contributed by atoms with Crippen LogP contribution in [0.4, 0.5) is 28.0 Å². The number of aryl methyl sites for hydroxylation is 1. The highest BCUT2D eigenvalue weighted by Crippen LogP contribution is 2.42. The number of aromatic nitrogens is 2. The summed E-state index contributed by atoms with van der Waals surface area (Å²) in [6, 6.07) is 6.12. The lowest BCUT2D eigenvalue weighted by Gasteiger charge is -2.34. The summed E-state index contributed by atoms with van der Waals surface area (Å²) in [6.45, 7) is -0.772. The van der Waals surface area contributed by atoms with Crippen molar-refractivity contribution >= 4 is 29.4 Å². The van der Waals surface area contributed by atoms with Crippen LogP contribution in [0.3, 0.4) is 0 Å². The third-order valence-electron chi connectivity index (χ3n) is 7.21. The second-order valence-electron chi connectivity index (χ2n) is 9.98. The summed E-state index contributed by atoms with van der Waals surface area (Å²) < 4.78 is 56.0. The van der Waals surface area contributed by atoms with Crippen LogP contribution in [-0.2, 0) is 33.5 Å². The molecule has 2 aliphatic heterocycles. The van der Waals surface area contributed by atoms with Crippen LogP contribution < -0.4 is 10.6 Å². The smallest absolute Gasteiger partial charge is 0.326 e. The fourth-order valence-electron chi connectivity index (χ4n) is 5.00. The first kappa shape index (κ1) is 27.8. The number of rotatable bonds is 6. The van der Waals surface area contributed by atoms with E-state index in [2.05, 4.69) is 15.7 Å². The number of anilines is 1. The Hall–Kier alpha value is -4.75. The van der Waals surface area contributed by atoms with E-state index in [0.29, 0.717) is 15.4 Å². The lowest BCUT2D eigenvalue weighted by Crippen LogP contribution is -2.52. The predicted octanol–water partition coefficient (Wildman–Crippen LogP) is 3.30. The summed E-state index contributed by atoms with van der Waals surface area (Å²) in [5.74, 6) is -3.29. The van der Waals surface area contributed by atoms with E-state index >= 15 is 0 Å². The predicted molar refractivity (Wildman–Crippen MR) is 136 cm³/mol. The molecule has 0 saturated carbocycles. The lowest BCUT2D eigenvalue weighted by molar-refractivity contribution is -0.187. The van der Waals surface area contributed by atoms with Gasteiger partial charge in [-0.15, -0.1) is 0 Å². The molecule has 10 nitrogen and oxygen atoms in total. The van der Waals surface area contributed by atoms with Crippen molar-refractivity contribution in [2.24, 2.45) is 7.05 Å². The maximum Gasteiger partial charge on any atom is 0.408 e. The molecular weight excluding hydrogens is 548 g/mol. The zero-order chi connectivity index (χ0) is 29.7. The highest BCUT2D eigenvalue weighted by Gasteiger charge is 2.57. The van der Waals surface area contributed by atoms with Gasteiger partial charge in [-0.25, -0.2) is 9.18 Å². The molecule has 0 aliphatic carbocycles. The van der Waals surface area contributed by atoms with Gasteiger partial charge in [0.25, 0.3) is 5.91 Å². The Morgan fingerprint density at radius 3 is 2.46 bits per heavy atom. The molecule has 2 atom stereocenters. The number of hydrogen-bond acceptors (Lipinski definition) is 5. The van der Waals surface area contributed by atoms with E-state index in [1.807, 2.05) is 0 Å².